The van der Waals surface area contributed by atoms with Crippen LogP contribution in [0.2, 0.25) is 0 Å². The standard InChI is InChI=1S/C18H19FN2O4S/c1-13(22)15-3-7-17(8-4-15)21(14(2)23)12-11-20-26(24,25)18-9-5-16(19)6-10-18/h3-10,20H,11-12H2,1-2H3. The van der Waals surface area contributed by atoms with E-state index in [0.717, 1.165) is 12.1 Å². The first-order valence-electron chi connectivity index (χ1n) is 7.85. The van der Waals surface area contributed by atoms with Crippen molar-refractivity contribution in [3.8, 4) is 0 Å². The first kappa shape index (κ1) is 19.7. The van der Waals surface area contributed by atoms with E-state index in [2.05, 4.69) is 4.72 Å². The number of benzene rings is 2. The van der Waals surface area contributed by atoms with Crippen LogP contribution in [0.5, 0.6) is 0 Å². The molecule has 1 amide bonds. The van der Waals surface area contributed by atoms with Crippen molar-refractivity contribution in [2.24, 2.45) is 0 Å². The summed E-state index contributed by atoms with van der Waals surface area (Å²) in [5.41, 5.74) is 1.08. The molecule has 0 bridgehead atoms. The Bertz CT molecular complexity index is 894. The first-order chi connectivity index (χ1) is 12.2. The molecule has 6 nitrogen and oxygen atoms in total. The van der Waals surface area contributed by atoms with Crippen molar-refractivity contribution < 1.29 is 22.4 Å². The van der Waals surface area contributed by atoms with Gasteiger partial charge in [-0.1, -0.05) is 0 Å². The van der Waals surface area contributed by atoms with Gasteiger partial charge in [0.2, 0.25) is 15.9 Å². The van der Waals surface area contributed by atoms with E-state index < -0.39 is 15.8 Å². The van der Waals surface area contributed by atoms with Crippen molar-refractivity contribution in [2.75, 3.05) is 18.0 Å². The molecule has 2 aromatic carbocycles. The van der Waals surface area contributed by atoms with Gasteiger partial charge >= 0.3 is 0 Å². The van der Waals surface area contributed by atoms with Crippen molar-refractivity contribution in [3.63, 3.8) is 0 Å². The van der Waals surface area contributed by atoms with E-state index >= 15 is 0 Å². The van der Waals surface area contributed by atoms with Crippen molar-refractivity contribution in [1.29, 1.82) is 0 Å². The van der Waals surface area contributed by atoms with Crippen molar-refractivity contribution in [3.05, 3.63) is 59.9 Å². The van der Waals surface area contributed by atoms with Crippen LogP contribution < -0.4 is 9.62 Å². The first-order valence-corrected chi connectivity index (χ1v) is 9.33. The average molecular weight is 378 g/mol. The van der Waals surface area contributed by atoms with Gasteiger partial charge in [0, 0.05) is 31.3 Å². The van der Waals surface area contributed by atoms with Gasteiger partial charge in [-0.05, 0) is 55.5 Å². The van der Waals surface area contributed by atoms with Crippen LogP contribution in [0, 0.1) is 5.82 Å². The highest BCUT2D eigenvalue weighted by molar-refractivity contribution is 7.89. The van der Waals surface area contributed by atoms with E-state index in [1.54, 1.807) is 24.3 Å². The van der Waals surface area contributed by atoms with Crippen LogP contribution in [0.1, 0.15) is 24.2 Å². The van der Waals surface area contributed by atoms with Crippen molar-refractivity contribution in [1.82, 2.24) is 4.72 Å². The smallest absolute Gasteiger partial charge is 0.240 e. The summed E-state index contributed by atoms with van der Waals surface area (Å²) in [6.07, 6.45) is 0. The number of hydrogen-bond donors (Lipinski definition) is 1. The van der Waals surface area contributed by atoms with E-state index in [0.29, 0.717) is 11.3 Å². The molecule has 26 heavy (non-hydrogen) atoms. The molecule has 0 unspecified atom stereocenters. The fraction of sp³-hybridized carbons (Fsp3) is 0.222. The van der Waals surface area contributed by atoms with E-state index in [4.69, 9.17) is 0 Å². The number of hydrogen-bond acceptors (Lipinski definition) is 4. The number of nitrogens with one attached hydrogen (secondary N) is 1. The maximum Gasteiger partial charge on any atom is 0.240 e. The Labute approximate surface area is 151 Å². The molecule has 138 valence electrons. The van der Waals surface area contributed by atoms with E-state index in [-0.39, 0.29) is 29.7 Å². The highest BCUT2D eigenvalue weighted by Crippen LogP contribution is 2.16. The Kier molecular flexibility index (Phi) is 6.23. The number of carbonyl (C=O) groups excluding carboxylic acids is 2. The number of sulfonamides is 1. The van der Waals surface area contributed by atoms with Gasteiger partial charge in [-0.2, -0.15) is 0 Å². The molecule has 0 aliphatic carbocycles. The SMILES string of the molecule is CC(=O)c1ccc(N(CCNS(=O)(=O)c2ccc(F)cc2)C(C)=O)cc1. The molecular weight excluding hydrogens is 359 g/mol. The zero-order valence-corrected chi connectivity index (χ0v) is 15.2. The van der Waals surface area contributed by atoms with Crippen molar-refractivity contribution >= 4 is 27.4 Å². The lowest BCUT2D eigenvalue weighted by molar-refractivity contribution is -0.116. The third-order valence-electron chi connectivity index (χ3n) is 3.72. The molecule has 0 heterocycles. The minimum atomic E-state index is -3.80. The molecule has 0 atom stereocenters. The monoisotopic (exact) mass is 378 g/mol. The molecular formula is C18H19FN2O4S. The molecule has 0 radical (unpaired) electrons. The largest absolute Gasteiger partial charge is 0.311 e. The Morgan fingerprint density at radius 3 is 2.08 bits per heavy atom. The Balaban J connectivity index is 2.05. The van der Waals surface area contributed by atoms with Crippen LogP contribution in [0.4, 0.5) is 10.1 Å². The summed E-state index contributed by atoms with van der Waals surface area (Å²) in [6, 6.07) is 10.9. The summed E-state index contributed by atoms with van der Waals surface area (Å²) >= 11 is 0. The van der Waals surface area contributed by atoms with Gasteiger partial charge in [-0.3, -0.25) is 9.59 Å². The summed E-state index contributed by atoms with van der Waals surface area (Å²) in [5.74, 6) is -0.875. The van der Waals surface area contributed by atoms with Crippen LogP contribution in [-0.2, 0) is 14.8 Å². The summed E-state index contributed by atoms with van der Waals surface area (Å²) in [7, 11) is -3.80. The molecule has 0 aliphatic heterocycles. The second-order valence-electron chi connectivity index (χ2n) is 5.63. The molecule has 8 heteroatoms. The number of carbonyl (C=O) groups is 2. The number of ketones is 1. The molecule has 0 spiro atoms. The van der Waals surface area contributed by atoms with Gasteiger partial charge in [0.05, 0.1) is 4.90 Å². The lowest BCUT2D eigenvalue weighted by Gasteiger charge is -2.21. The number of anilines is 1. The van der Waals surface area contributed by atoms with Crippen LogP contribution in [0.15, 0.2) is 53.4 Å². The van der Waals surface area contributed by atoms with Gasteiger partial charge in [0.15, 0.2) is 5.78 Å². The molecule has 0 saturated heterocycles. The fourth-order valence-electron chi connectivity index (χ4n) is 2.33. The third-order valence-corrected chi connectivity index (χ3v) is 5.19. The molecule has 0 aromatic heterocycles. The predicted molar refractivity (Wildman–Crippen MR) is 96.1 cm³/mol. The van der Waals surface area contributed by atoms with E-state index in [1.165, 1.54) is 30.9 Å². The molecule has 2 rings (SSSR count). The molecule has 1 N–H and O–H groups in total. The van der Waals surface area contributed by atoms with Gasteiger partial charge in [0.1, 0.15) is 5.82 Å². The van der Waals surface area contributed by atoms with E-state index in [1.807, 2.05) is 0 Å². The van der Waals surface area contributed by atoms with Crippen LogP contribution >= 0.6 is 0 Å². The number of halogens is 1. The Hall–Kier alpha value is -2.58. The van der Waals surface area contributed by atoms with Crippen LogP contribution in [-0.4, -0.2) is 33.2 Å². The molecule has 0 fully saturated rings. The van der Waals surface area contributed by atoms with E-state index in [9.17, 15) is 22.4 Å². The number of amides is 1. The van der Waals surface area contributed by atoms with Gasteiger partial charge in [-0.15, -0.1) is 0 Å². The molecule has 0 aliphatic rings. The van der Waals surface area contributed by atoms with Gasteiger partial charge in [0.25, 0.3) is 0 Å². The average Bonchev–Trinajstić information content (AvgIpc) is 2.59. The maximum atomic E-state index is 12.9. The Morgan fingerprint density at radius 1 is 1.00 bits per heavy atom. The summed E-state index contributed by atoms with van der Waals surface area (Å²) < 4.78 is 39.6. The summed E-state index contributed by atoms with van der Waals surface area (Å²) in [6.45, 7) is 2.90. The molecule has 2 aromatic rings. The second kappa shape index (κ2) is 8.20. The topological polar surface area (TPSA) is 83.6 Å². The van der Waals surface area contributed by atoms with Gasteiger partial charge < -0.3 is 4.90 Å². The van der Waals surface area contributed by atoms with Crippen LogP contribution in [0.25, 0.3) is 0 Å². The lowest BCUT2D eigenvalue weighted by Crippen LogP contribution is -2.37. The minimum absolute atomic E-state index is 0.0201. The zero-order chi connectivity index (χ0) is 19.3. The highest BCUT2D eigenvalue weighted by atomic mass is 32.2. The quantitative estimate of drug-likeness (QED) is 0.750. The zero-order valence-electron chi connectivity index (χ0n) is 14.4. The fourth-order valence-corrected chi connectivity index (χ4v) is 3.35. The number of nitrogens with zero attached hydrogens (tertiary/aromatic N) is 1. The summed E-state index contributed by atoms with van der Waals surface area (Å²) in [5, 5.41) is 0. The Morgan fingerprint density at radius 2 is 1.58 bits per heavy atom. The molecule has 0 saturated carbocycles. The minimum Gasteiger partial charge on any atom is -0.311 e. The predicted octanol–water partition coefficient (Wildman–Crippen LogP) is 2.36. The lowest BCUT2D eigenvalue weighted by atomic mass is 10.1. The number of Topliss-reactive ketones (excluding diaryl/α,β-unsaturated/α-hetero) is 1. The maximum absolute atomic E-state index is 12.9. The highest BCUT2D eigenvalue weighted by Gasteiger charge is 2.16. The second-order valence-corrected chi connectivity index (χ2v) is 7.39. The normalized spacial score (nSPS) is 11.2. The van der Waals surface area contributed by atoms with Crippen molar-refractivity contribution in [2.45, 2.75) is 18.7 Å². The van der Waals surface area contributed by atoms with Gasteiger partial charge in [-0.25, -0.2) is 17.5 Å². The summed E-state index contributed by atoms with van der Waals surface area (Å²) in [4.78, 5) is 24.5. The third kappa shape index (κ3) is 4.96. The number of rotatable bonds is 7. The van der Waals surface area contributed by atoms with Crippen LogP contribution in [0.3, 0.4) is 0 Å².